The molecule has 144 valence electrons. The number of para-hydroxylation sites is 1. The smallest absolute Gasteiger partial charge is 0.256 e. The average Bonchev–Trinajstić information content (AvgIpc) is 3.05. The highest BCUT2D eigenvalue weighted by atomic mass is 16.2. The van der Waals surface area contributed by atoms with Gasteiger partial charge >= 0.3 is 0 Å². The van der Waals surface area contributed by atoms with Gasteiger partial charge in [-0.25, -0.2) is 0 Å². The van der Waals surface area contributed by atoms with E-state index in [1.54, 1.807) is 0 Å². The molecule has 0 bridgehead atoms. The van der Waals surface area contributed by atoms with Crippen molar-refractivity contribution in [2.75, 3.05) is 46.3 Å². The summed E-state index contributed by atoms with van der Waals surface area (Å²) in [5, 5.41) is 1.00. The molecular weight excluding hydrogens is 340 g/mol. The number of amides is 2. The molecule has 6 nitrogen and oxygen atoms in total. The minimum Gasteiger partial charge on any atom is -0.350 e. The van der Waals surface area contributed by atoms with E-state index in [2.05, 4.69) is 11.9 Å². The molecule has 2 aliphatic heterocycles. The van der Waals surface area contributed by atoms with Crippen LogP contribution in [0.2, 0.25) is 0 Å². The molecule has 0 atom stereocenters. The van der Waals surface area contributed by atoms with E-state index in [1.807, 2.05) is 51.9 Å². The summed E-state index contributed by atoms with van der Waals surface area (Å²) in [6, 6.07) is 8.01. The summed E-state index contributed by atoms with van der Waals surface area (Å²) in [7, 11) is 4.07. The maximum atomic E-state index is 13.1. The van der Waals surface area contributed by atoms with Gasteiger partial charge < -0.3 is 19.3 Å². The van der Waals surface area contributed by atoms with Gasteiger partial charge in [0.25, 0.3) is 5.91 Å². The van der Waals surface area contributed by atoms with Crippen LogP contribution in [0.1, 0.15) is 23.2 Å². The Kier molecular flexibility index (Phi) is 4.91. The van der Waals surface area contributed by atoms with E-state index >= 15 is 0 Å². The van der Waals surface area contributed by atoms with E-state index in [0.29, 0.717) is 13.1 Å². The minimum absolute atomic E-state index is 0.0602. The number of benzene rings is 1. The first kappa shape index (κ1) is 18.0. The van der Waals surface area contributed by atoms with Gasteiger partial charge in [0, 0.05) is 69.3 Å². The second-order valence-electron chi connectivity index (χ2n) is 7.87. The molecule has 0 N–H and O–H groups in total. The number of rotatable bonds is 2. The first-order valence-electron chi connectivity index (χ1n) is 9.85. The van der Waals surface area contributed by atoms with Crippen molar-refractivity contribution < 1.29 is 9.59 Å². The highest BCUT2D eigenvalue weighted by Gasteiger charge is 2.32. The molecule has 2 aliphatic rings. The maximum Gasteiger partial charge on any atom is 0.256 e. The predicted molar refractivity (Wildman–Crippen MR) is 106 cm³/mol. The number of piperidine rings is 1. The van der Waals surface area contributed by atoms with Crippen molar-refractivity contribution in [3.63, 3.8) is 0 Å². The first-order chi connectivity index (χ1) is 13.0. The quantitative estimate of drug-likeness (QED) is 0.812. The average molecular weight is 368 g/mol. The first-order valence-corrected chi connectivity index (χ1v) is 9.85. The van der Waals surface area contributed by atoms with Crippen LogP contribution in [0, 0.1) is 5.92 Å². The van der Waals surface area contributed by atoms with Crippen LogP contribution in [0.25, 0.3) is 10.9 Å². The number of piperazine rings is 1. The molecule has 2 saturated heterocycles. The Labute approximate surface area is 160 Å². The van der Waals surface area contributed by atoms with Gasteiger partial charge in [0.2, 0.25) is 5.91 Å². The van der Waals surface area contributed by atoms with Crippen LogP contribution in [-0.2, 0) is 11.8 Å². The summed E-state index contributed by atoms with van der Waals surface area (Å²) in [6.07, 6.45) is 3.46. The van der Waals surface area contributed by atoms with E-state index in [0.717, 1.165) is 55.5 Å². The van der Waals surface area contributed by atoms with Gasteiger partial charge in [0.15, 0.2) is 0 Å². The Balaban J connectivity index is 1.40. The monoisotopic (exact) mass is 368 g/mol. The number of hydrogen-bond donors (Lipinski definition) is 0. The number of carbonyl (C=O) groups is 2. The van der Waals surface area contributed by atoms with E-state index < -0.39 is 0 Å². The molecule has 0 radical (unpaired) electrons. The molecule has 0 aliphatic carbocycles. The Bertz CT molecular complexity index is 843. The number of carbonyl (C=O) groups excluding carboxylic acids is 2. The summed E-state index contributed by atoms with van der Waals surface area (Å²) in [5.41, 5.74) is 1.83. The van der Waals surface area contributed by atoms with Gasteiger partial charge in [-0.15, -0.1) is 0 Å². The predicted octanol–water partition coefficient (Wildman–Crippen LogP) is 1.80. The van der Waals surface area contributed by atoms with Crippen molar-refractivity contribution in [3.8, 4) is 0 Å². The normalized spacial score (nSPS) is 19.6. The molecule has 0 saturated carbocycles. The van der Waals surface area contributed by atoms with Crippen molar-refractivity contribution in [2.24, 2.45) is 13.0 Å². The lowest BCUT2D eigenvalue weighted by Crippen LogP contribution is -2.51. The molecule has 2 aromatic rings. The van der Waals surface area contributed by atoms with Crippen molar-refractivity contribution in [3.05, 3.63) is 36.0 Å². The second kappa shape index (κ2) is 7.35. The molecule has 1 aromatic heterocycles. The number of aromatic nitrogens is 1. The van der Waals surface area contributed by atoms with Crippen LogP contribution in [-0.4, -0.2) is 77.4 Å². The Morgan fingerprint density at radius 1 is 0.889 bits per heavy atom. The third-order valence-corrected chi connectivity index (χ3v) is 6.07. The third-order valence-electron chi connectivity index (χ3n) is 6.07. The van der Waals surface area contributed by atoms with Crippen LogP contribution < -0.4 is 0 Å². The fourth-order valence-electron chi connectivity index (χ4n) is 4.30. The van der Waals surface area contributed by atoms with Gasteiger partial charge in [-0.3, -0.25) is 9.59 Å². The van der Waals surface area contributed by atoms with Crippen LogP contribution in [0.3, 0.4) is 0 Å². The van der Waals surface area contributed by atoms with E-state index in [4.69, 9.17) is 0 Å². The number of nitrogens with zero attached hydrogens (tertiary/aromatic N) is 4. The lowest BCUT2D eigenvalue weighted by atomic mass is 9.94. The molecule has 1 aromatic carbocycles. The zero-order valence-electron chi connectivity index (χ0n) is 16.2. The fourth-order valence-corrected chi connectivity index (χ4v) is 4.30. The zero-order chi connectivity index (χ0) is 19.0. The molecule has 27 heavy (non-hydrogen) atoms. The molecule has 4 rings (SSSR count). The van der Waals surface area contributed by atoms with Gasteiger partial charge in [-0.2, -0.15) is 0 Å². The maximum absolute atomic E-state index is 13.1. The van der Waals surface area contributed by atoms with Crippen LogP contribution in [0.5, 0.6) is 0 Å². The largest absolute Gasteiger partial charge is 0.350 e. The molecule has 2 amide bonds. The van der Waals surface area contributed by atoms with Crippen LogP contribution in [0.15, 0.2) is 30.5 Å². The van der Waals surface area contributed by atoms with Crippen molar-refractivity contribution in [1.29, 1.82) is 0 Å². The van der Waals surface area contributed by atoms with Crippen LogP contribution in [0.4, 0.5) is 0 Å². The van der Waals surface area contributed by atoms with Crippen LogP contribution >= 0.6 is 0 Å². The molecule has 2 fully saturated rings. The second-order valence-corrected chi connectivity index (χ2v) is 7.87. The molecule has 0 unspecified atom stereocenters. The molecule has 6 heteroatoms. The Morgan fingerprint density at radius 2 is 1.56 bits per heavy atom. The Morgan fingerprint density at radius 3 is 2.26 bits per heavy atom. The van der Waals surface area contributed by atoms with Crippen molar-refractivity contribution in [1.82, 2.24) is 19.3 Å². The highest BCUT2D eigenvalue weighted by molar-refractivity contribution is 6.07. The summed E-state index contributed by atoms with van der Waals surface area (Å²) in [6.45, 7) is 4.86. The SMILES string of the molecule is CN1CCN(C(=O)C2CCN(C(=O)c3cn(C)c4ccccc34)CC2)CC1. The standard InChI is InChI=1S/C21H28N4O2/c1-22-11-13-25(14-12-22)20(26)16-7-9-24(10-8-16)21(27)18-15-23(2)19-6-4-3-5-17(18)19/h3-6,15-16H,7-14H2,1-2H3. The number of fused-ring (bicyclic) bond motifs is 1. The highest BCUT2D eigenvalue weighted by Crippen LogP contribution is 2.25. The number of likely N-dealkylation sites (N-methyl/N-ethyl adjacent to an activating group) is 1. The van der Waals surface area contributed by atoms with Gasteiger partial charge in [0.05, 0.1) is 5.56 Å². The van der Waals surface area contributed by atoms with E-state index in [1.165, 1.54) is 0 Å². The zero-order valence-corrected chi connectivity index (χ0v) is 16.2. The van der Waals surface area contributed by atoms with Crippen molar-refractivity contribution in [2.45, 2.75) is 12.8 Å². The lowest BCUT2D eigenvalue weighted by molar-refractivity contribution is -0.138. The van der Waals surface area contributed by atoms with Gasteiger partial charge in [0.1, 0.15) is 0 Å². The number of aryl methyl sites for hydroxylation is 1. The van der Waals surface area contributed by atoms with Gasteiger partial charge in [-0.05, 0) is 26.0 Å². The summed E-state index contributed by atoms with van der Waals surface area (Å²) >= 11 is 0. The summed E-state index contributed by atoms with van der Waals surface area (Å²) < 4.78 is 2.01. The Hall–Kier alpha value is -2.34. The number of likely N-dealkylation sites (tertiary alicyclic amines) is 1. The minimum atomic E-state index is 0.0602. The fraction of sp³-hybridized carbons (Fsp3) is 0.524. The third kappa shape index (κ3) is 3.46. The molecule has 0 spiro atoms. The topological polar surface area (TPSA) is 48.8 Å². The summed E-state index contributed by atoms with van der Waals surface area (Å²) in [5.74, 6) is 0.419. The van der Waals surface area contributed by atoms with Crippen molar-refractivity contribution >= 4 is 22.7 Å². The van der Waals surface area contributed by atoms with E-state index in [9.17, 15) is 9.59 Å². The summed E-state index contributed by atoms with van der Waals surface area (Å²) in [4.78, 5) is 32.0. The number of hydrogen-bond acceptors (Lipinski definition) is 3. The lowest BCUT2D eigenvalue weighted by Gasteiger charge is -2.37. The molecular formula is C21H28N4O2. The van der Waals surface area contributed by atoms with E-state index in [-0.39, 0.29) is 17.7 Å². The van der Waals surface area contributed by atoms with Gasteiger partial charge in [-0.1, -0.05) is 18.2 Å². The molecule has 3 heterocycles.